The van der Waals surface area contributed by atoms with Crippen LogP contribution in [0.5, 0.6) is 0 Å². The second kappa shape index (κ2) is 18.3. The molecule has 0 bridgehead atoms. The van der Waals surface area contributed by atoms with Crippen LogP contribution in [-0.4, -0.2) is 64.7 Å². The molecule has 4 atom stereocenters. The van der Waals surface area contributed by atoms with Crippen LogP contribution in [0, 0.1) is 27.6 Å². The normalized spacial score (nSPS) is 17.4. The number of hydrogen-bond acceptors (Lipinski definition) is 6. The predicted molar refractivity (Wildman–Crippen MR) is 193 cm³/mol. The molecule has 0 unspecified atom stereocenters. The van der Waals surface area contributed by atoms with Crippen molar-refractivity contribution in [2.75, 3.05) is 0 Å². The predicted octanol–water partition coefficient (Wildman–Crippen LogP) is 6.32. The van der Waals surface area contributed by atoms with Crippen LogP contribution in [0.25, 0.3) is 0 Å². The molecule has 0 heterocycles. The molecular formula is C38H68N4O7. The fourth-order valence-electron chi connectivity index (χ4n) is 6.80. The Kier molecular flexibility index (Phi) is 16.5. The average molecular weight is 693 g/mol. The van der Waals surface area contributed by atoms with Crippen molar-refractivity contribution in [3.8, 4) is 0 Å². The van der Waals surface area contributed by atoms with Crippen molar-refractivity contribution in [1.29, 1.82) is 0 Å². The van der Waals surface area contributed by atoms with E-state index in [0.717, 1.165) is 25.7 Å². The van der Waals surface area contributed by atoms with Crippen molar-refractivity contribution < 1.29 is 33.9 Å². The van der Waals surface area contributed by atoms with Gasteiger partial charge >= 0.3 is 12.0 Å². The smallest absolute Gasteiger partial charge is 0.315 e. The molecule has 1 aliphatic rings. The Bertz CT molecular complexity index is 1150. The van der Waals surface area contributed by atoms with Crippen LogP contribution in [-0.2, 0) is 24.0 Å². The lowest BCUT2D eigenvalue weighted by molar-refractivity contribution is -0.155. The largest absolute Gasteiger partial charge is 0.481 e. The molecule has 0 radical (unpaired) electrons. The number of Topliss-reactive ketones (excluding diaryl/α,β-unsaturated/α-hetero) is 2. The van der Waals surface area contributed by atoms with Gasteiger partial charge in [0.15, 0.2) is 5.78 Å². The van der Waals surface area contributed by atoms with Crippen molar-refractivity contribution in [1.82, 2.24) is 21.3 Å². The zero-order valence-electron chi connectivity index (χ0n) is 32.6. The molecule has 4 amide bonds. The molecule has 5 N–H and O–H groups in total. The number of aliphatic carboxylic acids is 1. The first-order chi connectivity index (χ1) is 22.4. The molecule has 0 aromatic rings. The standard InChI is InChI=1S/C38H68N4O7/c1-13-18-25(19-14-2)39-34(49)42-29(37(10,11)12)26(43)22-24(23-28(44)36(7,8)9)31(45)41-30(38(33(47)48)20-16-17-21-38)32(46)40-27(15-3)35(4,5)6/h24-25,27,29-30H,13-23H2,1-12H3,(H,40,46)(H,41,45)(H,47,48)(H2,39,42,49)/t24-,27-,29-,30-/m1/s1. The summed E-state index contributed by atoms with van der Waals surface area (Å²) in [5, 5.41) is 22.1. The molecule has 0 aliphatic heterocycles. The van der Waals surface area contributed by atoms with E-state index < -0.39 is 63.8 Å². The van der Waals surface area contributed by atoms with E-state index in [0.29, 0.717) is 19.3 Å². The zero-order valence-corrected chi connectivity index (χ0v) is 32.6. The van der Waals surface area contributed by atoms with Gasteiger partial charge in [-0.3, -0.25) is 24.0 Å². The number of carbonyl (C=O) groups is 6. The second-order valence-electron chi connectivity index (χ2n) is 17.4. The van der Waals surface area contributed by atoms with E-state index in [4.69, 9.17) is 0 Å². The maximum Gasteiger partial charge on any atom is 0.315 e. The van der Waals surface area contributed by atoms with Gasteiger partial charge in [-0.25, -0.2) is 4.79 Å². The Morgan fingerprint density at radius 1 is 0.694 bits per heavy atom. The van der Waals surface area contributed by atoms with Gasteiger partial charge in [0.1, 0.15) is 11.8 Å². The summed E-state index contributed by atoms with van der Waals surface area (Å²) >= 11 is 0. The minimum atomic E-state index is -1.53. The third-order valence-electron chi connectivity index (χ3n) is 9.95. The molecule has 282 valence electrons. The molecule has 49 heavy (non-hydrogen) atoms. The molecule has 1 fully saturated rings. The number of carboxylic acids is 1. The third kappa shape index (κ3) is 13.0. The highest BCUT2D eigenvalue weighted by molar-refractivity contribution is 5.98. The van der Waals surface area contributed by atoms with Gasteiger partial charge < -0.3 is 26.4 Å². The van der Waals surface area contributed by atoms with Gasteiger partial charge in [-0.1, -0.05) is 109 Å². The Morgan fingerprint density at radius 3 is 1.63 bits per heavy atom. The fourth-order valence-corrected chi connectivity index (χ4v) is 6.80. The lowest BCUT2D eigenvalue weighted by Gasteiger charge is -2.37. The number of carboxylic acid groups (broad SMARTS) is 1. The molecular weight excluding hydrogens is 624 g/mol. The van der Waals surface area contributed by atoms with Gasteiger partial charge in [-0.2, -0.15) is 0 Å². The van der Waals surface area contributed by atoms with E-state index in [9.17, 15) is 33.9 Å². The van der Waals surface area contributed by atoms with Crippen LogP contribution in [0.3, 0.4) is 0 Å². The summed E-state index contributed by atoms with van der Waals surface area (Å²) in [6.45, 7) is 22.6. The van der Waals surface area contributed by atoms with Crippen LogP contribution < -0.4 is 21.3 Å². The number of carbonyl (C=O) groups excluding carboxylic acids is 5. The van der Waals surface area contributed by atoms with Crippen LogP contribution >= 0.6 is 0 Å². The molecule has 1 aliphatic carbocycles. The Hall–Kier alpha value is -2.98. The molecule has 0 aromatic heterocycles. The van der Waals surface area contributed by atoms with Crippen molar-refractivity contribution >= 4 is 35.4 Å². The molecule has 0 spiro atoms. The summed E-state index contributed by atoms with van der Waals surface area (Å²) in [5.41, 5.74) is -3.40. The van der Waals surface area contributed by atoms with Crippen LogP contribution in [0.1, 0.15) is 154 Å². The average Bonchev–Trinajstić information content (AvgIpc) is 3.46. The first kappa shape index (κ1) is 44.0. The molecule has 0 aromatic carbocycles. The monoisotopic (exact) mass is 693 g/mol. The first-order valence-corrected chi connectivity index (χ1v) is 18.4. The minimum absolute atomic E-state index is 0.0422. The first-order valence-electron chi connectivity index (χ1n) is 18.4. The summed E-state index contributed by atoms with van der Waals surface area (Å²) in [6, 6.07) is -3.19. The van der Waals surface area contributed by atoms with Gasteiger partial charge in [0.25, 0.3) is 0 Å². The van der Waals surface area contributed by atoms with E-state index in [2.05, 4.69) is 21.3 Å². The minimum Gasteiger partial charge on any atom is -0.481 e. The Morgan fingerprint density at radius 2 is 1.22 bits per heavy atom. The van der Waals surface area contributed by atoms with Gasteiger partial charge in [-0.15, -0.1) is 0 Å². The topological polar surface area (TPSA) is 171 Å². The van der Waals surface area contributed by atoms with Gasteiger partial charge in [-0.05, 0) is 42.9 Å². The van der Waals surface area contributed by atoms with Gasteiger partial charge in [0.2, 0.25) is 11.8 Å². The number of hydrogen-bond donors (Lipinski definition) is 5. The maximum absolute atomic E-state index is 14.2. The number of nitrogens with one attached hydrogen (secondary N) is 4. The summed E-state index contributed by atoms with van der Waals surface area (Å²) in [7, 11) is 0. The summed E-state index contributed by atoms with van der Waals surface area (Å²) < 4.78 is 0. The highest BCUT2D eigenvalue weighted by Gasteiger charge is 2.53. The second-order valence-corrected chi connectivity index (χ2v) is 17.4. The number of urea groups is 1. The van der Waals surface area contributed by atoms with Crippen molar-refractivity contribution in [3.05, 3.63) is 0 Å². The van der Waals surface area contributed by atoms with Crippen molar-refractivity contribution in [3.63, 3.8) is 0 Å². The van der Waals surface area contributed by atoms with E-state index in [1.807, 2.05) is 62.3 Å². The number of ketones is 2. The fraction of sp³-hybridized carbons (Fsp3) is 0.842. The van der Waals surface area contributed by atoms with Crippen molar-refractivity contribution in [2.45, 2.75) is 178 Å². The quantitative estimate of drug-likeness (QED) is 0.112. The highest BCUT2D eigenvalue weighted by Crippen LogP contribution is 2.42. The molecule has 11 nitrogen and oxygen atoms in total. The summed E-state index contributed by atoms with van der Waals surface area (Å²) in [6.07, 6.45) is 4.91. The van der Waals surface area contributed by atoms with Gasteiger partial charge in [0.05, 0.1) is 17.4 Å². The van der Waals surface area contributed by atoms with Gasteiger partial charge in [0, 0.05) is 30.3 Å². The van der Waals surface area contributed by atoms with E-state index >= 15 is 0 Å². The number of amides is 4. The van der Waals surface area contributed by atoms with E-state index in [1.165, 1.54) is 0 Å². The SMILES string of the molecule is CCCC(CCC)NC(=O)N[C@H](C(=O)C[C@H](CC(=O)C(C)(C)C)C(=O)N[C@H](C(=O)N[C@H](CC)C(C)(C)C)C1(C(=O)O)CCCC1)C(C)(C)C. The molecule has 0 saturated heterocycles. The summed E-state index contributed by atoms with van der Waals surface area (Å²) in [4.78, 5) is 81.6. The van der Waals surface area contributed by atoms with E-state index in [-0.39, 0.29) is 49.0 Å². The van der Waals surface area contributed by atoms with Crippen LogP contribution in [0.4, 0.5) is 4.79 Å². The molecule has 1 rings (SSSR count). The third-order valence-corrected chi connectivity index (χ3v) is 9.95. The molecule has 11 heteroatoms. The maximum atomic E-state index is 14.2. The Balaban J connectivity index is 3.53. The van der Waals surface area contributed by atoms with Crippen molar-refractivity contribution in [2.24, 2.45) is 27.6 Å². The van der Waals surface area contributed by atoms with Crippen LogP contribution in [0.2, 0.25) is 0 Å². The number of rotatable bonds is 18. The summed E-state index contributed by atoms with van der Waals surface area (Å²) in [5.74, 6) is -4.36. The molecule has 1 saturated carbocycles. The van der Waals surface area contributed by atoms with Crippen LogP contribution in [0.15, 0.2) is 0 Å². The zero-order chi connectivity index (χ0) is 38.0. The Labute approximate surface area is 295 Å². The lowest BCUT2D eigenvalue weighted by atomic mass is 9.76. The van der Waals surface area contributed by atoms with E-state index in [1.54, 1.807) is 20.8 Å². The lowest BCUT2D eigenvalue weighted by Crippen LogP contribution is -2.61. The highest BCUT2D eigenvalue weighted by atomic mass is 16.4.